The number of halogens is 1. The summed E-state index contributed by atoms with van der Waals surface area (Å²) in [6.45, 7) is 3.58. The van der Waals surface area contributed by atoms with Crippen molar-refractivity contribution in [2.45, 2.75) is 18.7 Å². The van der Waals surface area contributed by atoms with Crippen LogP contribution in [0.15, 0.2) is 55.3 Å². The number of phenolic OH excluding ortho intramolecular Hbond substituents is 2. The quantitative estimate of drug-likeness (QED) is 0.478. The van der Waals surface area contributed by atoms with Crippen LogP contribution >= 0.6 is 0 Å². The molecule has 1 amide bonds. The zero-order chi connectivity index (χ0) is 20.1. The topological polar surface area (TPSA) is 93.9 Å². The lowest BCUT2D eigenvalue weighted by Crippen LogP contribution is -2.43. The number of carbonyl (C=O) groups is 1. The molecule has 0 spiro atoms. The summed E-state index contributed by atoms with van der Waals surface area (Å²) in [6, 6.07) is 8.62. The fourth-order valence-corrected chi connectivity index (χ4v) is 3.70. The highest BCUT2D eigenvalue weighted by Crippen LogP contribution is 2.51. The van der Waals surface area contributed by atoms with E-state index < -0.39 is 23.2 Å². The zero-order valence-electron chi connectivity index (χ0n) is 14.8. The van der Waals surface area contributed by atoms with Gasteiger partial charge in [-0.2, -0.15) is 0 Å². The predicted molar refractivity (Wildman–Crippen MR) is 100 cm³/mol. The third-order valence-corrected chi connectivity index (χ3v) is 5.00. The third-order valence-electron chi connectivity index (χ3n) is 5.00. The molecule has 3 N–H and O–H groups in total. The van der Waals surface area contributed by atoms with Gasteiger partial charge in [0.1, 0.15) is 17.1 Å². The van der Waals surface area contributed by atoms with E-state index >= 15 is 0 Å². The van der Waals surface area contributed by atoms with Crippen LogP contribution in [0.3, 0.4) is 0 Å². The minimum atomic E-state index is -1.92. The Balaban J connectivity index is 1.94. The van der Waals surface area contributed by atoms with Gasteiger partial charge in [0.2, 0.25) is 0 Å². The van der Waals surface area contributed by atoms with Crippen LogP contribution in [-0.4, -0.2) is 31.1 Å². The lowest BCUT2D eigenvalue weighted by Gasteiger charge is -2.34. The number of hydrogen-bond donors (Lipinski definition) is 3. The van der Waals surface area contributed by atoms with Crippen LogP contribution in [0.2, 0.25) is 0 Å². The van der Waals surface area contributed by atoms with Crippen LogP contribution in [-0.2, 0) is 12.3 Å². The number of aromatic hydroxyl groups is 2. The van der Waals surface area contributed by atoms with Gasteiger partial charge in [-0.3, -0.25) is 9.78 Å². The molecule has 1 aromatic heterocycles. The van der Waals surface area contributed by atoms with Gasteiger partial charge in [-0.25, -0.2) is 4.39 Å². The van der Waals surface area contributed by atoms with Gasteiger partial charge in [-0.15, -0.1) is 6.58 Å². The van der Waals surface area contributed by atoms with E-state index in [1.165, 1.54) is 36.5 Å². The molecule has 1 aliphatic heterocycles. The molecule has 3 aromatic rings. The molecule has 0 saturated heterocycles. The molecule has 0 saturated carbocycles. The summed E-state index contributed by atoms with van der Waals surface area (Å²) in [5.41, 5.74) is -1.57. The van der Waals surface area contributed by atoms with Crippen molar-refractivity contribution >= 4 is 16.8 Å². The molecule has 1 atom stereocenters. The zero-order valence-corrected chi connectivity index (χ0v) is 14.8. The second-order valence-electron chi connectivity index (χ2n) is 6.67. The minimum Gasteiger partial charge on any atom is -0.507 e. The molecule has 1 aliphatic rings. The molecule has 0 fully saturated rings. The molecule has 0 bridgehead atoms. The number of rotatable bonds is 4. The molecule has 2 aromatic carbocycles. The van der Waals surface area contributed by atoms with Crippen LogP contribution in [0.5, 0.6) is 11.5 Å². The smallest absolute Gasteiger partial charge is 0.261 e. The average molecular weight is 380 g/mol. The summed E-state index contributed by atoms with van der Waals surface area (Å²) in [7, 11) is 0. The maximum Gasteiger partial charge on any atom is 0.261 e. The van der Waals surface area contributed by atoms with Gasteiger partial charge < -0.3 is 20.2 Å². The van der Waals surface area contributed by atoms with Crippen molar-refractivity contribution in [2.75, 3.05) is 0 Å². The number of hydrogen-bond acceptors (Lipinski definition) is 5. The molecule has 0 aliphatic carbocycles. The second kappa shape index (κ2) is 6.31. The van der Waals surface area contributed by atoms with Gasteiger partial charge in [0.25, 0.3) is 5.91 Å². The second-order valence-corrected chi connectivity index (χ2v) is 6.67. The first-order valence-electron chi connectivity index (χ1n) is 8.61. The molecule has 28 heavy (non-hydrogen) atoms. The third kappa shape index (κ3) is 2.44. The van der Waals surface area contributed by atoms with E-state index in [1.807, 2.05) is 0 Å². The number of aromatic nitrogens is 1. The van der Waals surface area contributed by atoms with Crippen molar-refractivity contribution in [1.29, 1.82) is 0 Å². The van der Waals surface area contributed by atoms with Gasteiger partial charge in [-0.1, -0.05) is 18.2 Å². The van der Waals surface area contributed by atoms with Crippen molar-refractivity contribution in [2.24, 2.45) is 0 Å². The van der Waals surface area contributed by atoms with Crippen molar-refractivity contribution in [3.8, 4) is 11.5 Å². The van der Waals surface area contributed by atoms with Crippen LogP contribution in [0.25, 0.3) is 10.9 Å². The van der Waals surface area contributed by atoms with E-state index in [9.17, 15) is 24.5 Å². The SMILES string of the molecule is C=CCC1(O)c2c(c(O)c3ncccc3c2O)C(=O)N1Cc1ccc(F)cc1. The summed E-state index contributed by atoms with van der Waals surface area (Å²) in [5.74, 6) is -1.81. The molecule has 7 heteroatoms. The van der Waals surface area contributed by atoms with Crippen molar-refractivity contribution < 1.29 is 24.5 Å². The number of nitrogens with zero attached hydrogens (tertiary/aromatic N) is 2. The lowest BCUT2D eigenvalue weighted by atomic mass is 9.93. The number of fused-ring (bicyclic) bond motifs is 2. The summed E-state index contributed by atoms with van der Waals surface area (Å²) in [5, 5.41) is 33.1. The van der Waals surface area contributed by atoms with Crippen molar-refractivity contribution in [3.05, 3.63) is 77.8 Å². The Labute approximate surface area is 159 Å². The molecular weight excluding hydrogens is 363 g/mol. The Morgan fingerprint density at radius 3 is 2.57 bits per heavy atom. The molecular formula is C21H17FN2O4. The van der Waals surface area contributed by atoms with Crippen LogP contribution in [0, 0.1) is 5.82 Å². The predicted octanol–water partition coefficient (Wildman–Crippen LogP) is 3.16. The molecule has 1 unspecified atom stereocenters. The molecule has 0 radical (unpaired) electrons. The van der Waals surface area contributed by atoms with Crippen LogP contribution in [0.4, 0.5) is 4.39 Å². The summed E-state index contributed by atoms with van der Waals surface area (Å²) < 4.78 is 13.2. The monoisotopic (exact) mass is 380 g/mol. The number of amides is 1. The lowest BCUT2D eigenvalue weighted by molar-refractivity contribution is -0.0867. The van der Waals surface area contributed by atoms with E-state index in [1.54, 1.807) is 12.1 Å². The average Bonchev–Trinajstić information content (AvgIpc) is 2.90. The van der Waals surface area contributed by atoms with Gasteiger partial charge in [0, 0.05) is 24.5 Å². The van der Waals surface area contributed by atoms with Crippen molar-refractivity contribution in [1.82, 2.24) is 9.88 Å². The number of benzene rings is 2. The molecule has 2 heterocycles. The Hall–Kier alpha value is -3.45. The summed E-state index contributed by atoms with van der Waals surface area (Å²) >= 11 is 0. The number of phenols is 2. The van der Waals surface area contributed by atoms with Crippen LogP contribution < -0.4 is 0 Å². The fourth-order valence-electron chi connectivity index (χ4n) is 3.70. The first-order valence-corrected chi connectivity index (χ1v) is 8.61. The maximum atomic E-state index is 13.2. The Morgan fingerprint density at radius 1 is 1.18 bits per heavy atom. The van der Waals surface area contributed by atoms with E-state index in [2.05, 4.69) is 11.6 Å². The first-order chi connectivity index (χ1) is 13.4. The molecule has 6 nitrogen and oxygen atoms in total. The minimum absolute atomic E-state index is 0.0548. The standard InChI is InChI=1S/C21H17FN2O4/c1-2-9-21(28)16-15(19(26)17-14(18(16)25)4-3-10-23-17)20(27)24(21)11-12-5-7-13(22)8-6-12/h2-8,10,25-26,28H,1,9,11H2. The largest absolute Gasteiger partial charge is 0.507 e. The summed E-state index contributed by atoms with van der Waals surface area (Å²) in [6.07, 6.45) is 2.77. The fraction of sp³-hybridized carbons (Fsp3) is 0.143. The van der Waals surface area contributed by atoms with E-state index in [0.29, 0.717) is 5.56 Å². The highest BCUT2D eigenvalue weighted by molar-refractivity contribution is 6.09. The number of aliphatic hydroxyl groups is 1. The normalized spacial score (nSPS) is 18.5. The first kappa shape index (κ1) is 17.9. The van der Waals surface area contributed by atoms with E-state index in [4.69, 9.17) is 0 Å². The highest BCUT2D eigenvalue weighted by atomic mass is 19.1. The maximum absolute atomic E-state index is 13.2. The molecule has 142 valence electrons. The Morgan fingerprint density at radius 2 is 1.89 bits per heavy atom. The number of carbonyl (C=O) groups excluding carboxylic acids is 1. The van der Waals surface area contributed by atoms with E-state index in [-0.39, 0.29) is 40.7 Å². The van der Waals surface area contributed by atoms with Gasteiger partial charge in [0.05, 0.1) is 11.1 Å². The summed E-state index contributed by atoms with van der Waals surface area (Å²) in [4.78, 5) is 18.3. The van der Waals surface area contributed by atoms with Crippen molar-refractivity contribution in [3.63, 3.8) is 0 Å². The molecule has 4 rings (SSSR count). The van der Waals surface area contributed by atoms with Gasteiger partial charge >= 0.3 is 0 Å². The number of pyridine rings is 1. The highest BCUT2D eigenvalue weighted by Gasteiger charge is 2.52. The Kier molecular flexibility index (Phi) is 4.05. The Bertz CT molecular complexity index is 1110. The van der Waals surface area contributed by atoms with E-state index in [0.717, 1.165) is 4.90 Å². The van der Waals surface area contributed by atoms with Gasteiger partial charge in [-0.05, 0) is 29.8 Å². The van der Waals surface area contributed by atoms with Crippen LogP contribution in [0.1, 0.15) is 27.9 Å². The van der Waals surface area contributed by atoms with Gasteiger partial charge in [0.15, 0.2) is 11.5 Å².